The molecular weight excluding hydrogens is 419 g/mol. The van der Waals surface area contributed by atoms with Gasteiger partial charge in [-0.1, -0.05) is 0 Å². The molecule has 0 bridgehead atoms. The van der Waals surface area contributed by atoms with Crippen molar-refractivity contribution >= 4 is 32.2 Å². The fourth-order valence-corrected chi connectivity index (χ4v) is 5.55. The maximum atomic E-state index is 13.7. The zero-order valence-corrected chi connectivity index (χ0v) is 17.1. The number of nitrogens with two attached hydrogens (primary N) is 1. The summed E-state index contributed by atoms with van der Waals surface area (Å²) >= 11 is 0. The molecule has 1 aliphatic heterocycles. The van der Waals surface area contributed by atoms with E-state index in [-0.39, 0.29) is 34.6 Å². The Labute approximate surface area is 177 Å². The van der Waals surface area contributed by atoms with Crippen LogP contribution >= 0.6 is 0 Å². The summed E-state index contributed by atoms with van der Waals surface area (Å²) in [6.07, 6.45) is 4.01. The van der Waals surface area contributed by atoms with E-state index in [0.29, 0.717) is 46.2 Å². The van der Waals surface area contributed by atoms with E-state index in [1.54, 1.807) is 24.5 Å². The van der Waals surface area contributed by atoms with Crippen LogP contribution in [0.4, 0.5) is 10.2 Å². The van der Waals surface area contributed by atoms with E-state index in [1.807, 2.05) is 0 Å². The molecule has 0 spiro atoms. The first-order valence-electron chi connectivity index (χ1n) is 9.69. The Bertz CT molecular complexity index is 1490. The Hall–Kier alpha value is -3.58. The van der Waals surface area contributed by atoms with Crippen molar-refractivity contribution in [3.05, 3.63) is 53.7 Å². The predicted octanol–water partition coefficient (Wildman–Crippen LogP) is 2.83. The van der Waals surface area contributed by atoms with E-state index in [1.165, 1.54) is 16.6 Å². The summed E-state index contributed by atoms with van der Waals surface area (Å²) in [5, 5.41) is 14.6. The number of hydrogen-bond donors (Lipinski definition) is 1. The van der Waals surface area contributed by atoms with Crippen LogP contribution in [-0.2, 0) is 9.84 Å². The van der Waals surface area contributed by atoms with Crippen molar-refractivity contribution < 1.29 is 12.8 Å². The van der Waals surface area contributed by atoms with E-state index in [0.717, 1.165) is 0 Å². The van der Waals surface area contributed by atoms with E-state index in [9.17, 15) is 18.1 Å². The van der Waals surface area contributed by atoms with Gasteiger partial charge in [0.1, 0.15) is 33.1 Å². The first kappa shape index (κ1) is 19.4. The summed E-state index contributed by atoms with van der Waals surface area (Å²) in [6, 6.07) is 8.26. The van der Waals surface area contributed by atoms with Gasteiger partial charge in [0.2, 0.25) is 0 Å². The number of halogens is 1. The minimum absolute atomic E-state index is 0.0571. The minimum atomic E-state index is -3.06. The van der Waals surface area contributed by atoms with Gasteiger partial charge in [0, 0.05) is 28.6 Å². The van der Waals surface area contributed by atoms with Crippen molar-refractivity contribution in [2.24, 2.45) is 0 Å². The van der Waals surface area contributed by atoms with E-state index in [2.05, 4.69) is 16.2 Å². The second-order valence-electron chi connectivity index (χ2n) is 7.65. The molecule has 4 aromatic rings. The number of nitriles is 1. The molecule has 156 valence electrons. The molecule has 0 saturated carbocycles. The lowest BCUT2D eigenvalue weighted by atomic mass is 9.95. The summed E-state index contributed by atoms with van der Waals surface area (Å²) < 4.78 is 38.7. The SMILES string of the molecule is N#Cc1c(C2CCS(=O)(=O)CC2)nc2c(-c3cnc4ccc(F)cc4c3)cnn2c1N. The van der Waals surface area contributed by atoms with Gasteiger partial charge in [-0.05, 0) is 37.1 Å². The highest BCUT2D eigenvalue weighted by atomic mass is 32.2. The maximum absolute atomic E-state index is 13.7. The summed E-state index contributed by atoms with van der Waals surface area (Å²) in [5.74, 6) is -0.274. The zero-order valence-electron chi connectivity index (χ0n) is 16.3. The van der Waals surface area contributed by atoms with Crippen LogP contribution in [0, 0.1) is 17.1 Å². The molecule has 0 unspecified atom stereocenters. The Morgan fingerprint density at radius 3 is 2.71 bits per heavy atom. The molecule has 1 saturated heterocycles. The van der Waals surface area contributed by atoms with Crippen LogP contribution in [0.5, 0.6) is 0 Å². The van der Waals surface area contributed by atoms with Crippen molar-refractivity contribution in [2.45, 2.75) is 18.8 Å². The highest BCUT2D eigenvalue weighted by molar-refractivity contribution is 7.91. The standard InChI is InChI=1S/C21H17FN6O2S/c22-15-1-2-18-13(8-15)7-14(10-25-18)17-11-26-28-20(24)16(9-23)19(27-21(17)28)12-3-5-31(29,30)6-4-12/h1-2,7-8,10-12H,3-6,24H2. The lowest BCUT2D eigenvalue weighted by Gasteiger charge is -2.23. The van der Waals surface area contributed by atoms with Crippen LogP contribution in [-0.4, -0.2) is 39.5 Å². The first-order chi connectivity index (χ1) is 14.9. The van der Waals surface area contributed by atoms with Gasteiger partial charge >= 0.3 is 0 Å². The van der Waals surface area contributed by atoms with E-state index < -0.39 is 9.84 Å². The topological polar surface area (TPSA) is 127 Å². The number of hydrogen-bond acceptors (Lipinski definition) is 7. The lowest BCUT2D eigenvalue weighted by Crippen LogP contribution is -2.24. The monoisotopic (exact) mass is 436 g/mol. The average molecular weight is 436 g/mol. The molecule has 3 aromatic heterocycles. The van der Waals surface area contributed by atoms with Crippen molar-refractivity contribution in [2.75, 3.05) is 17.2 Å². The van der Waals surface area contributed by atoms with Gasteiger partial charge in [-0.25, -0.2) is 17.8 Å². The number of pyridine rings is 1. The third-order valence-corrected chi connectivity index (χ3v) is 7.43. The number of nitrogen functional groups attached to an aromatic ring is 1. The largest absolute Gasteiger partial charge is 0.382 e. The third kappa shape index (κ3) is 3.27. The minimum Gasteiger partial charge on any atom is -0.382 e. The van der Waals surface area contributed by atoms with Crippen LogP contribution in [0.3, 0.4) is 0 Å². The second kappa shape index (κ2) is 6.99. The van der Waals surface area contributed by atoms with Gasteiger partial charge in [0.05, 0.1) is 28.9 Å². The summed E-state index contributed by atoms with van der Waals surface area (Å²) in [5.41, 5.74) is 9.37. The molecule has 0 aliphatic carbocycles. The smallest absolute Gasteiger partial charge is 0.165 e. The number of rotatable bonds is 2. The zero-order chi connectivity index (χ0) is 21.8. The Kier molecular flexibility index (Phi) is 4.37. The van der Waals surface area contributed by atoms with E-state index >= 15 is 0 Å². The average Bonchev–Trinajstić information content (AvgIpc) is 3.17. The van der Waals surface area contributed by atoms with Gasteiger partial charge in [0.15, 0.2) is 5.65 Å². The van der Waals surface area contributed by atoms with E-state index in [4.69, 9.17) is 10.7 Å². The van der Waals surface area contributed by atoms with Gasteiger partial charge in [-0.2, -0.15) is 14.9 Å². The Morgan fingerprint density at radius 2 is 1.97 bits per heavy atom. The second-order valence-corrected chi connectivity index (χ2v) is 9.95. The molecule has 1 aliphatic rings. The predicted molar refractivity (Wildman–Crippen MR) is 113 cm³/mol. The van der Waals surface area contributed by atoms with Crippen molar-refractivity contribution in [1.82, 2.24) is 19.6 Å². The third-order valence-electron chi connectivity index (χ3n) is 5.72. The van der Waals surface area contributed by atoms with Gasteiger partial charge in [-0.3, -0.25) is 4.98 Å². The highest BCUT2D eigenvalue weighted by Crippen LogP contribution is 2.35. The number of anilines is 1. The molecule has 5 rings (SSSR count). The van der Waals surface area contributed by atoms with Crippen LogP contribution in [0.15, 0.2) is 36.7 Å². The fraction of sp³-hybridized carbons (Fsp3) is 0.238. The van der Waals surface area contributed by atoms with Gasteiger partial charge < -0.3 is 5.73 Å². The Morgan fingerprint density at radius 1 is 1.19 bits per heavy atom. The summed E-state index contributed by atoms with van der Waals surface area (Å²) in [6.45, 7) is 0. The molecular formula is C21H17FN6O2S. The molecule has 10 heteroatoms. The molecule has 0 radical (unpaired) electrons. The van der Waals surface area contributed by atoms with Crippen molar-refractivity contribution in [3.63, 3.8) is 0 Å². The van der Waals surface area contributed by atoms with Crippen LogP contribution in [0.25, 0.3) is 27.7 Å². The summed E-state index contributed by atoms with van der Waals surface area (Å²) in [7, 11) is -3.06. The Balaban J connectivity index is 1.68. The molecule has 31 heavy (non-hydrogen) atoms. The number of nitrogens with zero attached hydrogens (tertiary/aromatic N) is 5. The number of fused-ring (bicyclic) bond motifs is 2. The van der Waals surface area contributed by atoms with Crippen LogP contribution in [0.1, 0.15) is 30.0 Å². The summed E-state index contributed by atoms with van der Waals surface area (Å²) in [4.78, 5) is 9.10. The molecule has 2 N–H and O–H groups in total. The van der Waals surface area contributed by atoms with Gasteiger partial charge in [0.25, 0.3) is 0 Å². The normalized spacial score (nSPS) is 16.5. The number of sulfone groups is 1. The fourth-order valence-electron chi connectivity index (χ4n) is 4.06. The molecule has 8 nitrogen and oxygen atoms in total. The lowest BCUT2D eigenvalue weighted by molar-refractivity contribution is 0.544. The van der Waals surface area contributed by atoms with Crippen molar-refractivity contribution in [1.29, 1.82) is 5.26 Å². The number of aromatic nitrogens is 4. The quantitative estimate of drug-likeness (QED) is 0.512. The molecule has 0 atom stereocenters. The molecule has 1 fully saturated rings. The molecule has 1 aromatic carbocycles. The maximum Gasteiger partial charge on any atom is 0.165 e. The van der Waals surface area contributed by atoms with Gasteiger partial charge in [-0.15, -0.1) is 0 Å². The molecule has 0 amide bonds. The van der Waals surface area contributed by atoms with Crippen LogP contribution < -0.4 is 5.73 Å². The van der Waals surface area contributed by atoms with Crippen molar-refractivity contribution in [3.8, 4) is 17.2 Å². The number of benzene rings is 1. The molecule has 4 heterocycles. The highest BCUT2D eigenvalue weighted by Gasteiger charge is 2.29. The first-order valence-corrected chi connectivity index (χ1v) is 11.5. The van der Waals surface area contributed by atoms with Crippen LogP contribution in [0.2, 0.25) is 0 Å².